The van der Waals surface area contributed by atoms with Crippen LogP contribution in [-0.4, -0.2) is 19.3 Å². The molecule has 0 spiro atoms. The van der Waals surface area contributed by atoms with Crippen LogP contribution in [0.2, 0.25) is 0 Å². The van der Waals surface area contributed by atoms with Crippen LogP contribution in [0.5, 0.6) is 0 Å². The average Bonchev–Trinajstić information content (AvgIpc) is 2.75. The molecule has 2 N–H and O–H groups in total. The Morgan fingerprint density at radius 3 is 2.76 bits per heavy atom. The molecular weight excluding hydrogens is 214 g/mol. The molecule has 3 rings (SSSR count). The minimum atomic E-state index is 0.518. The predicted molar refractivity (Wildman–Crippen MR) is 67.7 cm³/mol. The van der Waals surface area contributed by atoms with Crippen LogP contribution < -0.4 is 5.73 Å². The van der Waals surface area contributed by atoms with Gasteiger partial charge < -0.3 is 5.73 Å². The molecule has 0 aromatic carbocycles. The van der Waals surface area contributed by atoms with E-state index in [-0.39, 0.29) is 0 Å². The fourth-order valence-electron chi connectivity index (χ4n) is 2.61. The predicted octanol–water partition coefficient (Wildman–Crippen LogP) is 1.89. The Bertz CT molecular complexity index is 565. The molecule has 2 aromatic rings. The van der Waals surface area contributed by atoms with Crippen LogP contribution in [-0.2, 0) is 13.5 Å². The van der Waals surface area contributed by atoms with Gasteiger partial charge in [-0.15, -0.1) is 0 Å². The van der Waals surface area contributed by atoms with Gasteiger partial charge in [0, 0.05) is 13.1 Å². The molecule has 0 radical (unpaired) electrons. The number of anilines is 1. The third-order valence-electron chi connectivity index (χ3n) is 3.65. The van der Waals surface area contributed by atoms with E-state index in [1.54, 1.807) is 0 Å². The normalized spacial score (nSPS) is 23.5. The number of nitrogen functional groups attached to an aromatic ring is 1. The summed E-state index contributed by atoms with van der Waals surface area (Å²) in [5.41, 5.74) is 9.19. The van der Waals surface area contributed by atoms with Gasteiger partial charge in [0.05, 0.1) is 5.69 Å². The zero-order chi connectivity index (χ0) is 12.2. The summed E-state index contributed by atoms with van der Waals surface area (Å²) in [6.07, 6.45) is 3.25. The Morgan fingerprint density at radius 2 is 2.18 bits per heavy atom. The van der Waals surface area contributed by atoms with E-state index in [0.29, 0.717) is 17.9 Å². The van der Waals surface area contributed by atoms with Crippen molar-refractivity contribution < 1.29 is 0 Å². The van der Waals surface area contributed by atoms with Crippen molar-refractivity contribution in [2.75, 3.05) is 5.73 Å². The summed E-state index contributed by atoms with van der Waals surface area (Å²) < 4.78 is 4.08. The maximum Gasteiger partial charge on any atom is 0.202 e. The minimum absolute atomic E-state index is 0.518. The second-order valence-corrected chi connectivity index (χ2v) is 5.11. The summed E-state index contributed by atoms with van der Waals surface area (Å²) >= 11 is 0. The summed E-state index contributed by atoms with van der Waals surface area (Å²) in [5, 5.41) is 4.55. The van der Waals surface area contributed by atoms with Crippen molar-refractivity contribution in [3.05, 3.63) is 5.69 Å². The summed E-state index contributed by atoms with van der Waals surface area (Å²) in [6.45, 7) is 4.41. The second kappa shape index (κ2) is 3.48. The van der Waals surface area contributed by atoms with Gasteiger partial charge in [0.15, 0.2) is 5.65 Å². The lowest BCUT2D eigenvalue weighted by atomic mass is 10.2. The number of hydrogen-bond donors (Lipinski definition) is 1. The number of fused-ring (bicyclic) bond motifs is 1. The molecular formula is C12H19N5. The van der Waals surface area contributed by atoms with Gasteiger partial charge in [-0.05, 0) is 18.8 Å². The number of aromatic nitrogens is 4. The number of imidazole rings is 1. The van der Waals surface area contributed by atoms with Crippen LogP contribution in [0, 0.1) is 5.92 Å². The molecule has 1 saturated carbocycles. The third kappa shape index (κ3) is 1.45. The van der Waals surface area contributed by atoms with Crippen molar-refractivity contribution in [3.63, 3.8) is 0 Å². The molecule has 1 aliphatic carbocycles. The first-order chi connectivity index (χ1) is 8.13. The Morgan fingerprint density at radius 1 is 1.47 bits per heavy atom. The molecule has 2 atom stereocenters. The van der Waals surface area contributed by atoms with Crippen LogP contribution >= 0.6 is 0 Å². The molecule has 0 aliphatic heterocycles. The molecule has 2 heterocycles. The van der Waals surface area contributed by atoms with Gasteiger partial charge in [-0.3, -0.25) is 9.25 Å². The number of aryl methyl sites for hydroxylation is 2. The quantitative estimate of drug-likeness (QED) is 0.880. The fourth-order valence-corrected chi connectivity index (χ4v) is 2.61. The van der Waals surface area contributed by atoms with Gasteiger partial charge >= 0.3 is 0 Å². The third-order valence-corrected chi connectivity index (χ3v) is 3.65. The molecule has 5 heteroatoms. The Balaban J connectivity index is 2.19. The van der Waals surface area contributed by atoms with E-state index in [0.717, 1.165) is 29.7 Å². The number of nitrogens with two attached hydrogens (primary N) is 1. The Hall–Kier alpha value is -1.52. The van der Waals surface area contributed by atoms with E-state index >= 15 is 0 Å². The van der Waals surface area contributed by atoms with E-state index in [9.17, 15) is 0 Å². The molecule has 0 saturated heterocycles. The first kappa shape index (κ1) is 10.6. The molecule has 2 unspecified atom stereocenters. The van der Waals surface area contributed by atoms with Gasteiger partial charge in [-0.1, -0.05) is 20.3 Å². The largest absolute Gasteiger partial charge is 0.369 e. The van der Waals surface area contributed by atoms with Gasteiger partial charge in [0.1, 0.15) is 5.52 Å². The SMILES string of the molecule is CCCc1nn(C)c2c1nc(N)n2C1CC1C. The van der Waals surface area contributed by atoms with Crippen molar-refractivity contribution in [3.8, 4) is 0 Å². The lowest BCUT2D eigenvalue weighted by molar-refractivity contribution is 0.667. The number of rotatable bonds is 3. The Kier molecular flexibility index (Phi) is 2.18. The molecule has 1 aliphatic rings. The minimum Gasteiger partial charge on any atom is -0.369 e. The van der Waals surface area contributed by atoms with Crippen molar-refractivity contribution in [1.29, 1.82) is 0 Å². The maximum absolute atomic E-state index is 6.05. The van der Waals surface area contributed by atoms with Crippen LogP contribution in [0.4, 0.5) is 5.95 Å². The average molecular weight is 233 g/mol. The smallest absolute Gasteiger partial charge is 0.202 e. The molecule has 0 bridgehead atoms. The summed E-state index contributed by atoms with van der Waals surface area (Å²) in [5.74, 6) is 1.35. The van der Waals surface area contributed by atoms with E-state index < -0.39 is 0 Å². The van der Waals surface area contributed by atoms with Crippen molar-refractivity contribution in [2.45, 2.75) is 39.2 Å². The standard InChI is InChI=1S/C12H19N5/c1-4-5-8-10-11(16(3)15-8)17(12(13)14-10)9-6-7(9)2/h7,9H,4-6H2,1-3H3,(H2,13,14). The Labute approximate surface area is 101 Å². The monoisotopic (exact) mass is 233 g/mol. The highest BCUT2D eigenvalue weighted by Gasteiger charge is 2.37. The molecule has 5 nitrogen and oxygen atoms in total. The van der Waals surface area contributed by atoms with E-state index in [1.165, 1.54) is 6.42 Å². The second-order valence-electron chi connectivity index (χ2n) is 5.11. The lowest BCUT2D eigenvalue weighted by Gasteiger charge is -2.04. The molecule has 92 valence electrons. The highest BCUT2D eigenvalue weighted by atomic mass is 15.4. The van der Waals surface area contributed by atoms with Gasteiger partial charge in [0.25, 0.3) is 0 Å². The highest BCUT2D eigenvalue weighted by Crippen LogP contribution is 2.45. The summed E-state index contributed by atoms with van der Waals surface area (Å²) in [6, 6.07) is 0.518. The zero-order valence-electron chi connectivity index (χ0n) is 10.6. The molecule has 1 fully saturated rings. The summed E-state index contributed by atoms with van der Waals surface area (Å²) in [4.78, 5) is 4.51. The van der Waals surface area contributed by atoms with Crippen molar-refractivity contribution in [1.82, 2.24) is 19.3 Å². The van der Waals surface area contributed by atoms with Crippen molar-refractivity contribution >= 4 is 17.1 Å². The van der Waals surface area contributed by atoms with E-state index in [4.69, 9.17) is 5.73 Å². The topological polar surface area (TPSA) is 61.7 Å². The fraction of sp³-hybridized carbons (Fsp3) is 0.667. The maximum atomic E-state index is 6.05. The highest BCUT2D eigenvalue weighted by molar-refractivity contribution is 5.78. The van der Waals surface area contributed by atoms with E-state index in [2.05, 4.69) is 28.5 Å². The summed E-state index contributed by atoms with van der Waals surface area (Å²) in [7, 11) is 1.98. The number of hydrogen-bond acceptors (Lipinski definition) is 3. The van der Waals surface area contributed by atoms with Gasteiger partial charge in [0.2, 0.25) is 5.95 Å². The molecule has 17 heavy (non-hydrogen) atoms. The van der Waals surface area contributed by atoms with Gasteiger partial charge in [-0.2, -0.15) is 5.10 Å². The molecule has 2 aromatic heterocycles. The van der Waals surface area contributed by atoms with Crippen molar-refractivity contribution in [2.24, 2.45) is 13.0 Å². The van der Waals surface area contributed by atoms with Crippen LogP contribution in [0.15, 0.2) is 0 Å². The van der Waals surface area contributed by atoms with Crippen LogP contribution in [0.1, 0.15) is 38.4 Å². The van der Waals surface area contributed by atoms with Crippen LogP contribution in [0.3, 0.4) is 0 Å². The van der Waals surface area contributed by atoms with Gasteiger partial charge in [-0.25, -0.2) is 4.98 Å². The zero-order valence-corrected chi connectivity index (χ0v) is 10.6. The molecule has 0 amide bonds. The lowest BCUT2D eigenvalue weighted by Crippen LogP contribution is -2.06. The number of nitrogens with zero attached hydrogens (tertiary/aromatic N) is 4. The van der Waals surface area contributed by atoms with E-state index in [1.807, 2.05) is 11.7 Å². The van der Waals surface area contributed by atoms with Crippen LogP contribution in [0.25, 0.3) is 11.2 Å². The first-order valence-corrected chi connectivity index (χ1v) is 6.32. The first-order valence-electron chi connectivity index (χ1n) is 6.32.